The minimum atomic E-state index is -0.582. The number of nitrogens with zero attached hydrogens (tertiary/aromatic N) is 1. The number of nitrogens with one attached hydrogen (secondary N) is 1. The molecule has 2 atom stereocenters. The summed E-state index contributed by atoms with van der Waals surface area (Å²) >= 11 is 1.49. The quantitative estimate of drug-likeness (QED) is 0.836. The number of rotatable bonds is 3. The van der Waals surface area contributed by atoms with Crippen molar-refractivity contribution in [3.05, 3.63) is 22.4 Å². The Morgan fingerprint density at radius 1 is 1.61 bits per heavy atom. The fourth-order valence-electron chi connectivity index (χ4n) is 2.15. The third-order valence-corrected chi connectivity index (χ3v) is 3.98. The molecule has 98 valence electrons. The second-order valence-electron chi connectivity index (χ2n) is 4.46. The van der Waals surface area contributed by atoms with Gasteiger partial charge < -0.3 is 16.0 Å². The second kappa shape index (κ2) is 5.49. The van der Waals surface area contributed by atoms with Crippen LogP contribution in [0.5, 0.6) is 0 Å². The summed E-state index contributed by atoms with van der Waals surface area (Å²) in [6.07, 6.45) is 0.794. The number of hydrogen-bond donors (Lipinski definition) is 2. The van der Waals surface area contributed by atoms with E-state index in [4.69, 9.17) is 5.73 Å². The summed E-state index contributed by atoms with van der Waals surface area (Å²) in [5.41, 5.74) is 5.94. The molecule has 3 N–H and O–H groups in total. The van der Waals surface area contributed by atoms with Gasteiger partial charge in [-0.15, -0.1) is 11.3 Å². The van der Waals surface area contributed by atoms with Gasteiger partial charge in [0.05, 0.1) is 0 Å². The lowest BCUT2D eigenvalue weighted by atomic mass is 10.2. The van der Waals surface area contributed by atoms with Gasteiger partial charge in [-0.2, -0.15) is 0 Å². The number of carbonyl (C=O) groups is 2. The van der Waals surface area contributed by atoms with Crippen LogP contribution in [0.4, 0.5) is 0 Å². The maximum absolute atomic E-state index is 12.2. The summed E-state index contributed by atoms with van der Waals surface area (Å²) < 4.78 is 0. The van der Waals surface area contributed by atoms with Crippen LogP contribution in [-0.2, 0) is 9.59 Å². The summed E-state index contributed by atoms with van der Waals surface area (Å²) in [5, 5.41) is 4.74. The monoisotopic (exact) mass is 267 g/mol. The number of likely N-dealkylation sites (tertiary alicyclic amines) is 1. The average molecular weight is 267 g/mol. The van der Waals surface area contributed by atoms with Gasteiger partial charge in [-0.25, -0.2) is 0 Å². The van der Waals surface area contributed by atoms with Crippen LogP contribution in [0.25, 0.3) is 0 Å². The number of nitrogens with two attached hydrogens (primary N) is 1. The Balaban J connectivity index is 1.93. The predicted molar refractivity (Wildman–Crippen MR) is 70.0 cm³/mol. The van der Waals surface area contributed by atoms with Crippen molar-refractivity contribution < 1.29 is 9.59 Å². The molecule has 2 heterocycles. The molecule has 1 aromatic rings. The third-order valence-electron chi connectivity index (χ3n) is 3.02. The highest BCUT2D eigenvalue weighted by Gasteiger charge is 2.30. The summed E-state index contributed by atoms with van der Waals surface area (Å²) in [5.74, 6) is -0.123. The molecule has 1 aromatic heterocycles. The molecule has 1 saturated heterocycles. The lowest BCUT2D eigenvalue weighted by Crippen LogP contribution is -2.40. The molecule has 2 amide bonds. The Bertz CT molecular complexity index is 433. The Labute approximate surface area is 110 Å². The summed E-state index contributed by atoms with van der Waals surface area (Å²) in [7, 11) is 0. The summed E-state index contributed by atoms with van der Waals surface area (Å²) in [6, 6.07) is 3.23. The molecule has 1 fully saturated rings. The fourth-order valence-corrected chi connectivity index (χ4v) is 2.87. The van der Waals surface area contributed by atoms with Crippen LogP contribution in [0.15, 0.2) is 17.5 Å². The molecule has 0 radical (unpaired) electrons. The zero-order valence-electron chi connectivity index (χ0n) is 10.3. The molecule has 1 aliphatic rings. The van der Waals surface area contributed by atoms with Crippen LogP contribution in [-0.4, -0.2) is 35.8 Å². The minimum absolute atomic E-state index is 0.0574. The van der Waals surface area contributed by atoms with Gasteiger partial charge in [0.15, 0.2) is 0 Å². The molecule has 0 bridgehead atoms. The Kier molecular flexibility index (Phi) is 3.98. The van der Waals surface area contributed by atoms with Crippen LogP contribution in [0.3, 0.4) is 0 Å². The highest BCUT2D eigenvalue weighted by atomic mass is 32.1. The predicted octanol–water partition coefficient (Wildman–Crippen LogP) is 0.485. The van der Waals surface area contributed by atoms with Crippen LogP contribution in [0.1, 0.15) is 24.3 Å². The van der Waals surface area contributed by atoms with E-state index < -0.39 is 6.04 Å². The van der Waals surface area contributed by atoms with E-state index in [1.165, 1.54) is 18.3 Å². The number of thiophene rings is 1. The Morgan fingerprint density at radius 3 is 3.00 bits per heavy atom. The normalized spacial score (nSPS) is 20.8. The zero-order valence-corrected chi connectivity index (χ0v) is 11.1. The van der Waals surface area contributed by atoms with Crippen LogP contribution in [0.2, 0.25) is 0 Å². The van der Waals surface area contributed by atoms with Crippen molar-refractivity contribution in [2.45, 2.75) is 25.4 Å². The first-order valence-electron chi connectivity index (χ1n) is 5.93. The van der Waals surface area contributed by atoms with Gasteiger partial charge in [0.25, 0.3) is 0 Å². The van der Waals surface area contributed by atoms with Crippen molar-refractivity contribution in [1.29, 1.82) is 0 Å². The topological polar surface area (TPSA) is 75.4 Å². The minimum Gasteiger partial charge on any atom is -0.352 e. The first kappa shape index (κ1) is 13.0. The molecule has 5 nitrogen and oxygen atoms in total. The SMILES string of the molecule is CC(=O)NC1CCN(C(=O)C(N)c2cccs2)C1. The van der Waals surface area contributed by atoms with Gasteiger partial charge in [0.1, 0.15) is 6.04 Å². The summed E-state index contributed by atoms with van der Waals surface area (Å²) in [6.45, 7) is 2.70. The van der Waals surface area contributed by atoms with E-state index in [1.807, 2.05) is 17.5 Å². The molecule has 1 aliphatic heterocycles. The van der Waals surface area contributed by atoms with Gasteiger partial charge in [-0.05, 0) is 17.9 Å². The molecule has 2 rings (SSSR count). The van der Waals surface area contributed by atoms with Crippen molar-refractivity contribution in [1.82, 2.24) is 10.2 Å². The van der Waals surface area contributed by atoms with Gasteiger partial charge in [0.2, 0.25) is 11.8 Å². The maximum atomic E-state index is 12.2. The van der Waals surface area contributed by atoms with E-state index in [1.54, 1.807) is 4.90 Å². The van der Waals surface area contributed by atoms with Crippen molar-refractivity contribution in [2.75, 3.05) is 13.1 Å². The molecular weight excluding hydrogens is 250 g/mol. The van der Waals surface area contributed by atoms with Crippen molar-refractivity contribution in [2.24, 2.45) is 5.73 Å². The molecule has 6 heteroatoms. The van der Waals surface area contributed by atoms with Gasteiger partial charge in [-0.3, -0.25) is 9.59 Å². The maximum Gasteiger partial charge on any atom is 0.244 e. The smallest absolute Gasteiger partial charge is 0.244 e. The molecule has 0 spiro atoms. The van der Waals surface area contributed by atoms with E-state index in [0.717, 1.165) is 11.3 Å². The van der Waals surface area contributed by atoms with E-state index in [9.17, 15) is 9.59 Å². The molecule has 2 unspecified atom stereocenters. The Hall–Kier alpha value is -1.40. The third kappa shape index (κ3) is 2.88. The Morgan fingerprint density at radius 2 is 2.39 bits per heavy atom. The van der Waals surface area contributed by atoms with Gasteiger partial charge >= 0.3 is 0 Å². The van der Waals surface area contributed by atoms with E-state index in [-0.39, 0.29) is 17.9 Å². The first-order chi connectivity index (χ1) is 8.58. The summed E-state index contributed by atoms with van der Waals surface area (Å²) in [4.78, 5) is 25.7. The van der Waals surface area contributed by atoms with E-state index in [2.05, 4.69) is 5.32 Å². The largest absolute Gasteiger partial charge is 0.352 e. The number of carbonyl (C=O) groups excluding carboxylic acids is 2. The van der Waals surface area contributed by atoms with Gasteiger partial charge in [-0.1, -0.05) is 6.07 Å². The van der Waals surface area contributed by atoms with E-state index >= 15 is 0 Å². The highest BCUT2D eigenvalue weighted by molar-refractivity contribution is 7.10. The standard InChI is InChI=1S/C12H17N3O2S/c1-8(16)14-9-4-5-15(7-9)12(17)11(13)10-3-2-6-18-10/h2-3,6,9,11H,4-5,7,13H2,1H3,(H,14,16). The lowest BCUT2D eigenvalue weighted by molar-refractivity contribution is -0.132. The van der Waals surface area contributed by atoms with Crippen molar-refractivity contribution in [3.63, 3.8) is 0 Å². The average Bonchev–Trinajstić information content (AvgIpc) is 2.96. The van der Waals surface area contributed by atoms with Crippen LogP contribution >= 0.6 is 11.3 Å². The molecular formula is C12H17N3O2S. The molecule has 0 aromatic carbocycles. The molecule has 0 aliphatic carbocycles. The lowest BCUT2D eigenvalue weighted by Gasteiger charge is -2.20. The highest BCUT2D eigenvalue weighted by Crippen LogP contribution is 2.21. The van der Waals surface area contributed by atoms with Gasteiger partial charge in [0, 0.05) is 30.9 Å². The van der Waals surface area contributed by atoms with E-state index in [0.29, 0.717) is 13.1 Å². The fraction of sp³-hybridized carbons (Fsp3) is 0.500. The van der Waals surface area contributed by atoms with Crippen molar-refractivity contribution >= 4 is 23.2 Å². The van der Waals surface area contributed by atoms with Crippen LogP contribution in [0, 0.1) is 0 Å². The molecule has 18 heavy (non-hydrogen) atoms. The first-order valence-corrected chi connectivity index (χ1v) is 6.80. The second-order valence-corrected chi connectivity index (χ2v) is 5.44. The number of amides is 2. The van der Waals surface area contributed by atoms with Crippen molar-refractivity contribution in [3.8, 4) is 0 Å². The molecule has 0 saturated carbocycles. The zero-order chi connectivity index (χ0) is 13.1. The van der Waals surface area contributed by atoms with Crippen LogP contribution < -0.4 is 11.1 Å². The number of hydrogen-bond acceptors (Lipinski definition) is 4.